The van der Waals surface area contributed by atoms with Crippen molar-refractivity contribution in [1.82, 2.24) is 120 Å². The molecule has 1 saturated carbocycles. The molecule has 0 spiro atoms. The van der Waals surface area contributed by atoms with Gasteiger partial charge in [-0.2, -0.15) is 37.9 Å². The molecule has 7 N–H and O–H groups in total. The SMILES string of the molecule is C[n+]1cc(-c2cnc3c(Nc4ccns4)nccn23)c[nH]1.Cn1cc(-c2cnc3c(Nc4cc(C5CC5)ns4)nccn23)cn1.Cn1cc(-c2cnc3c(Nc4cc(C5CCNCC5)ns4)nccn23)cn1.Cn1cc(-c2cnc3c(Nc4sncc4C4CCCNC4)nccn23)cn1. The molecule has 0 radical (unpaired) electrons. The van der Waals surface area contributed by atoms with E-state index in [0.717, 1.165) is 144 Å². The zero-order valence-electron chi connectivity index (χ0n) is 54.2. The first-order chi connectivity index (χ1) is 48.7. The van der Waals surface area contributed by atoms with Crippen LogP contribution in [0.15, 0.2) is 155 Å². The summed E-state index contributed by atoms with van der Waals surface area (Å²) in [4.78, 5) is 36.0. The van der Waals surface area contributed by atoms with Crippen LogP contribution in [0.5, 0.6) is 0 Å². The number of anilines is 8. The van der Waals surface area contributed by atoms with Gasteiger partial charge in [-0.25, -0.2) is 39.9 Å². The van der Waals surface area contributed by atoms with E-state index in [1.165, 1.54) is 88.8 Å². The Morgan fingerprint density at radius 2 is 0.929 bits per heavy atom. The lowest BCUT2D eigenvalue weighted by Crippen LogP contribution is -2.28. The highest BCUT2D eigenvalue weighted by Crippen LogP contribution is 2.42. The van der Waals surface area contributed by atoms with Gasteiger partial charge in [-0.1, -0.05) is 0 Å². The van der Waals surface area contributed by atoms with Crippen molar-refractivity contribution < 1.29 is 4.68 Å². The van der Waals surface area contributed by atoms with Gasteiger partial charge in [0.25, 0.3) is 0 Å². The Morgan fingerprint density at radius 1 is 0.455 bits per heavy atom. The molecular weight excluding hydrogens is 1330 g/mol. The number of imidazole rings is 4. The van der Waals surface area contributed by atoms with Crippen molar-refractivity contribution >= 4 is 112 Å². The zero-order valence-corrected chi connectivity index (χ0v) is 57.4. The maximum atomic E-state index is 4.66. The minimum atomic E-state index is 0.491. The van der Waals surface area contributed by atoms with E-state index in [1.807, 2.05) is 162 Å². The summed E-state index contributed by atoms with van der Waals surface area (Å²) in [6.45, 7) is 4.23. The minimum Gasteiger partial charge on any atom is -0.328 e. The van der Waals surface area contributed by atoms with Crippen LogP contribution in [-0.2, 0) is 28.2 Å². The summed E-state index contributed by atoms with van der Waals surface area (Å²) in [6.07, 6.45) is 48.5. The summed E-state index contributed by atoms with van der Waals surface area (Å²) in [5, 5.41) is 40.2. The number of hydrogen-bond acceptors (Lipinski definition) is 25. The van der Waals surface area contributed by atoms with Crippen LogP contribution in [0.3, 0.4) is 0 Å². The highest BCUT2D eigenvalue weighted by molar-refractivity contribution is 7.11. The highest BCUT2D eigenvalue weighted by atomic mass is 32.1. The van der Waals surface area contributed by atoms with E-state index in [-0.39, 0.29) is 0 Å². The quantitative estimate of drug-likeness (QED) is 0.0469. The Labute approximate surface area is 581 Å². The van der Waals surface area contributed by atoms with Crippen molar-refractivity contribution in [2.45, 2.75) is 56.3 Å². The van der Waals surface area contributed by atoms with Gasteiger partial charge >= 0.3 is 0 Å². The lowest BCUT2D eigenvalue weighted by atomic mass is 9.94. The minimum absolute atomic E-state index is 0.491. The van der Waals surface area contributed by atoms with Crippen molar-refractivity contribution in [3.8, 4) is 45.0 Å². The molecule has 16 aromatic rings. The van der Waals surface area contributed by atoms with Gasteiger partial charge in [-0.05, 0) is 122 Å². The summed E-state index contributed by atoms with van der Waals surface area (Å²) in [7, 11) is 7.67. The third-order valence-electron chi connectivity index (χ3n) is 17.3. The van der Waals surface area contributed by atoms with Crippen molar-refractivity contribution in [2.75, 3.05) is 47.4 Å². The van der Waals surface area contributed by atoms with Gasteiger partial charge in [0.15, 0.2) is 52.9 Å². The number of nitrogens with one attached hydrogen (secondary N) is 7. The molecule has 500 valence electrons. The largest absolute Gasteiger partial charge is 0.328 e. The molecular formula is C65H67N30S4+. The average molecular weight is 1400 g/mol. The van der Waals surface area contributed by atoms with Crippen LogP contribution in [0.1, 0.15) is 73.2 Å². The average Bonchev–Trinajstić information content (AvgIpc) is 1.67. The Bertz CT molecular complexity index is 5380. The molecule has 0 bridgehead atoms. The molecule has 16 aromatic heterocycles. The third kappa shape index (κ3) is 13.6. The van der Waals surface area contributed by atoms with Crippen molar-refractivity contribution in [1.29, 1.82) is 0 Å². The van der Waals surface area contributed by atoms with Crippen molar-refractivity contribution in [3.05, 3.63) is 171 Å². The molecule has 0 amide bonds. The van der Waals surface area contributed by atoms with Gasteiger partial charge in [-0.15, -0.1) is 4.68 Å². The Morgan fingerprint density at radius 3 is 1.35 bits per heavy atom. The summed E-state index contributed by atoms with van der Waals surface area (Å²) in [5.74, 6) is 4.61. The van der Waals surface area contributed by atoms with Gasteiger partial charge in [0, 0.05) is 148 Å². The lowest BCUT2D eigenvalue weighted by Gasteiger charge is -2.22. The van der Waals surface area contributed by atoms with Gasteiger partial charge in [-0.3, -0.25) is 31.6 Å². The Balaban J connectivity index is 0.000000103. The number of aromatic nitrogens is 24. The number of fused-ring (bicyclic) bond motifs is 4. The molecule has 1 aliphatic carbocycles. The Hall–Kier alpha value is -11.0. The van der Waals surface area contributed by atoms with Crippen molar-refractivity contribution in [3.63, 3.8) is 0 Å². The van der Waals surface area contributed by atoms with Gasteiger partial charge in [0.1, 0.15) is 20.0 Å². The Kier molecular flexibility index (Phi) is 17.6. The van der Waals surface area contributed by atoms with Crippen LogP contribution >= 0.6 is 46.1 Å². The number of rotatable bonds is 15. The summed E-state index contributed by atoms with van der Waals surface area (Å²) in [5.41, 5.74) is 14.9. The maximum Gasteiger partial charge on any atom is 0.204 e. The van der Waals surface area contributed by atoms with Crippen LogP contribution in [0.4, 0.5) is 43.3 Å². The zero-order chi connectivity index (χ0) is 66.8. The van der Waals surface area contributed by atoms with Crippen LogP contribution in [0.2, 0.25) is 0 Å². The van der Waals surface area contributed by atoms with Crippen molar-refractivity contribution in [2.24, 2.45) is 28.2 Å². The third-order valence-corrected chi connectivity index (χ3v) is 20.1. The number of H-pyrrole nitrogens is 1. The fourth-order valence-corrected chi connectivity index (χ4v) is 14.9. The van der Waals surface area contributed by atoms with E-state index in [1.54, 1.807) is 45.0 Å². The van der Waals surface area contributed by atoms with E-state index in [4.69, 9.17) is 0 Å². The van der Waals surface area contributed by atoms with E-state index < -0.39 is 0 Å². The fraction of sp³-hybridized carbons (Fsp3) is 0.262. The first-order valence-electron chi connectivity index (χ1n) is 32.2. The highest BCUT2D eigenvalue weighted by Gasteiger charge is 2.27. The molecule has 18 heterocycles. The summed E-state index contributed by atoms with van der Waals surface area (Å²) >= 11 is 5.82. The van der Waals surface area contributed by atoms with E-state index >= 15 is 0 Å². The monoisotopic (exact) mass is 1400 g/mol. The van der Waals surface area contributed by atoms with Crippen LogP contribution in [0, 0.1) is 0 Å². The summed E-state index contributed by atoms with van der Waals surface area (Å²) < 4.78 is 33.0. The fourth-order valence-electron chi connectivity index (χ4n) is 12.2. The second-order valence-corrected chi connectivity index (χ2v) is 27.4. The second-order valence-electron chi connectivity index (χ2n) is 24.2. The topological polar surface area (TPSA) is 318 Å². The number of hydrogen-bond donors (Lipinski definition) is 7. The molecule has 99 heavy (non-hydrogen) atoms. The standard InChI is InChI=1S/2C18H20N8S.C16H15N7S.C13H11N7S/c1-25-11-13(9-22-25)15-10-21-18-17(20-6-7-26(15)18)23-16-8-14(24-27-16)12-2-4-19-5-3-12;1-25-11-13(8-22-25)15-10-21-17-16(20-5-6-26(15)17)24-18-14(9-23-27-18)12-3-2-4-19-7-12;1-22-9-11(7-19-22)13-8-18-16-15(17-4-5-23(13)16)20-14-6-12(21-24-14)10-2-3-10;1-19-8-9(6-16-19)10-7-15-13-12(14-4-5-20(10)13)18-11-2-3-17-21-11/h6-12,19H,2-5H2,1H3,(H,20,23);5-6,8-12,19H,2-4,7H2,1H3,(H,20,24);4-10H,2-3H2,1H3,(H,17,20);2-8H,1H3,(H,14,17,18)/p+1. The van der Waals surface area contributed by atoms with Gasteiger partial charge in [0.05, 0.1) is 89.3 Å². The summed E-state index contributed by atoms with van der Waals surface area (Å²) in [6, 6.07) is 6.18. The first-order valence-corrected chi connectivity index (χ1v) is 35.3. The molecule has 1 unspecified atom stereocenters. The first kappa shape index (κ1) is 62.7. The molecule has 34 heteroatoms. The molecule has 19 rings (SSSR count). The number of aryl methyl sites for hydroxylation is 4. The molecule has 2 saturated heterocycles. The lowest BCUT2D eigenvalue weighted by molar-refractivity contribution is -0.726. The molecule has 3 fully saturated rings. The van der Waals surface area contributed by atoms with E-state index in [0.29, 0.717) is 23.6 Å². The number of nitrogens with zero attached hydrogens (tertiary/aromatic N) is 23. The molecule has 2 aliphatic heterocycles. The van der Waals surface area contributed by atoms with Crippen LogP contribution in [0.25, 0.3) is 67.6 Å². The smallest absolute Gasteiger partial charge is 0.204 e. The van der Waals surface area contributed by atoms with Gasteiger partial charge < -0.3 is 31.9 Å². The van der Waals surface area contributed by atoms with E-state index in [9.17, 15) is 0 Å². The van der Waals surface area contributed by atoms with Crippen LogP contribution < -0.4 is 36.6 Å². The predicted octanol–water partition coefficient (Wildman–Crippen LogP) is 10.6. The van der Waals surface area contributed by atoms with Crippen LogP contribution in [-0.4, -0.2) is 136 Å². The molecule has 1 atom stereocenters. The molecule has 30 nitrogen and oxygen atoms in total. The second kappa shape index (κ2) is 27.8. The van der Waals surface area contributed by atoms with E-state index in [2.05, 4.69) is 122 Å². The predicted molar refractivity (Wildman–Crippen MR) is 383 cm³/mol. The number of piperidine rings is 2. The molecule has 3 aliphatic rings. The molecule has 0 aromatic carbocycles. The number of aromatic amines is 1. The van der Waals surface area contributed by atoms with Gasteiger partial charge in [0.2, 0.25) is 6.20 Å². The normalized spacial score (nSPS) is 14.8. The maximum absolute atomic E-state index is 4.66.